The van der Waals surface area contributed by atoms with Crippen molar-refractivity contribution in [3.05, 3.63) is 0 Å². The molecule has 0 aliphatic carbocycles. The Morgan fingerprint density at radius 2 is 1.81 bits per heavy atom. The third kappa shape index (κ3) is 3.50. The van der Waals surface area contributed by atoms with E-state index in [1.165, 1.54) is 0 Å². The van der Waals surface area contributed by atoms with Crippen LogP contribution in [0.25, 0.3) is 0 Å². The highest BCUT2D eigenvalue weighted by Crippen LogP contribution is 2.17. The van der Waals surface area contributed by atoms with Crippen LogP contribution in [0, 0.1) is 0 Å². The van der Waals surface area contributed by atoms with Gasteiger partial charge in [0.2, 0.25) is 11.9 Å². The normalized spacial score (nSPS) is 11.1. The first-order valence-corrected chi connectivity index (χ1v) is 4.91. The van der Waals surface area contributed by atoms with Gasteiger partial charge >= 0.3 is 6.01 Å². The van der Waals surface area contributed by atoms with Gasteiger partial charge < -0.3 is 9.64 Å². The Labute approximate surface area is 95.0 Å². The summed E-state index contributed by atoms with van der Waals surface area (Å²) in [5.74, 6) is 6.04. The van der Waals surface area contributed by atoms with Crippen LogP contribution in [-0.2, 0) is 0 Å². The van der Waals surface area contributed by atoms with Crippen molar-refractivity contribution in [3.8, 4) is 6.01 Å². The first kappa shape index (κ1) is 12.4. The average molecular weight is 226 g/mol. The molecule has 1 heterocycles. The summed E-state index contributed by atoms with van der Waals surface area (Å²) >= 11 is 0. The van der Waals surface area contributed by atoms with Gasteiger partial charge in [0, 0.05) is 14.1 Å². The van der Waals surface area contributed by atoms with Gasteiger partial charge in [0.05, 0.1) is 0 Å². The molecule has 0 amide bonds. The smallest absolute Gasteiger partial charge is 0.323 e. The Morgan fingerprint density at radius 1 is 1.19 bits per heavy atom. The number of rotatable bonds is 3. The Kier molecular flexibility index (Phi) is 3.48. The molecule has 1 rings (SSSR count). The quantitative estimate of drug-likeness (QED) is 0.569. The van der Waals surface area contributed by atoms with Crippen molar-refractivity contribution in [2.24, 2.45) is 5.84 Å². The monoisotopic (exact) mass is 226 g/mol. The predicted molar refractivity (Wildman–Crippen MR) is 62.3 cm³/mol. The van der Waals surface area contributed by atoms with E-state index in [2.05, 4.69) is 20.4 Å². The SMILES string of the molecule is CN(C)c1nc(NN)nc(OC(C)(C)C)n1. The van der Waals surface area contributed by atoms with Crippen molar-refractivity contribution >= 4 is 11.9 Å². The lowest BCUT2D eigenvalue weighted by Gasteiger charge is -2.20. The van der Waals surface area contributed by atoms with E-state index in [0.29, 0.717) is 5.95 Å². The zero-order chi connectivity index (χ0) is 12.3. The van der Waals surface area contributed by atoms with Gasteiger partial charge in [0.1, 0.15) is 5.60 Å². The van der Waals surface area contributed by atoms with Gasteiger partial charge in [0.15, 0.2) is 0 Å². The third-order valence-electron chi connectivity index (χ3n) is 1.53. The van der Waals surface area contributed by atoms with E-state index in [0.717, 1.165) is 0 Å². The number of nitrogens with one attached hydrogen (secondary N) is 1. The van der Waals surface area contributed by atoms with Crippen molar-refractivity contribution in [1.29, 1.82) is 0 Å². The molecule has 7 heteroatoms. The van der Waals surface area contributed by atoms with Gasteiger partial charge in [-0.05, 0) is 20.8 Å². The van der Waals surface area contributed by atoms with E-state index in [4.69, 9.17) is 10.6 Å². The number of hydrazine groups is 1. The molecule has 1 aromatic rings. The largest absolute Gasteiger partial charge is 0.458 e. The molecule has 0 aliphatic heterocycles. The summed E-state index contributed by atoms with van der Waals surface area (Å²) in [5, 5.41) is 0. The molecule has 0 bridgehead atoms. The Bertz CT molecular complexity index is 360. The van der Waals surface area contributed by atoms with Crippen LogP contribution in [-0.4, -0.2) is 34.6 Å². The maximum atomic E-state index is 5.55. The van der Waals surface area contributed by atoms with Gasteiger partial charge in [0.25, 0.3) is 0 Å². The van der Waals surface area contributed by atoms with Crippen LogP contribution in [0.4, 0.5) is 11.9 Å². The van der Waals surface area contributed by atoms with Crippen LogP contribution in [0.1, 0.15) is 20.8 Å². The number of nitrogens with two attached hydrogens (primary N) is 1. The first-order chi connectivity index (χ1) is 7.31. The molecule has 90 valence electrons. The van der Waals surface area contributed by atoms with E-state index in [9.17, 15) is 0 Å². The molecule has 0 saturated heterocycles. The molecule has 0 aromatic carbocycles. The van der Waals surface area contributed by atoms with Gasteiger partial charge in [-0.15, -0.1) is 0 Å². The zero-order valence-electron chi connectivity index (χ0n) is 10.3. The highest BCUT2D eigenvalue weighted by molar-refractivity contribution is 5.36. The summed E-state index contributed by atoms with van der Waals surface area (Å²) in [6.45, 7) is 5.75. The van der Waals surface area contributed by atoms with E-state index in [1.807, 2.05) is 34.9 Å². The van der Waals surface area contributed by atoms with Gasteiger partial charge in [-0.2, -0.15) is 15.0 Å². The number of aromatic nitrogens is 3. The number of hydrogen-bond donors (Lipinski definition) is 2. The molecule has 0 atom stereocenters. The fourth-order valence-electron chi connectivity index (χ4n) is 0.930. The molecule has 0 saturated carbocycles. The summed E-state index contributed by atoms with van der Waals surface area (Å²) < 4.78 is 5.55. The maximum absolute atomic E-state index is 5.55. The van der Waals surface area contributed by atoms with Gasteiger partial charge in [-0.3, -0.25) is 5.43 Å². The zero-order valence-corrected chi connectivity index (χ0v) is 10.3. The molecule has 0 fully saturated rings. The third-order valence-corrected chi connectivity index (χ3v) is 1.53. The molecule has 1 aromatic heterocycles. The van der Waals surface area contributed by atoms with E-state index in [-0.39, 0.29) is 17.6 Å². The van der Waals surface area contributed by atoms with Crippen LogP contribution >= 0.6 is 0 Å². The summed E-state index contributed by atoms with van der Waals surface area (Å²) in [4.78, 5) is 14.0. The molecule has 0 aliphatic rings. The second-order valence-electron chi connectivity index (χ2n) is 4.49. The van der Waals surface area contributed by atoms with Crippen LogP contribution in [0.2, 0.25) is 0 Å². The van der Waals surface area contributed by atoms with Crippen molar-refractivity contribution in [3.63, 3.8) is 0 Å². The van der Waals surface area contributed by atoms with Crippen molar-refractivity contribution in [2.45, 2.75) is 26.4 Å². The van der Waals surface area contributed by atoms with Crippen molar-refractivity contribution in [2.75, 3.05) is 24.4 Å². The van der Waals surface area contributed by atoms with Crippen LogP contribution < -0.4 is 20.9 Å². The number of nitrogens with zero attached hydrogens (tertiary/aromatic N) is 4. The molecule has 16 heavy (non-hydrogen) atoms. The number of anilines is 2. The lowest BCUT2D eigenvalue weighted by Crippen LogP contribution is -2.26. The molecular weight excluding hydrogens is 208 g/mol. The number of nitrogen functional groups attached to an aromatic ring is 1. The molecule has 0 unspecified atom stereocenters. The topological polar surface area (TPSA) is 89.2 Å². The second kappa shape index (κ2) is 4.48. The summed E-state index contributed by atoms with van der Waals surface area (Å²) in [7, 11) is 3.66. The van der Waals surface area contributed by atoms with Gasteiger partial charge in [-0.25, -0.2) is 5.84 Å². The van der Waals surface area contributed by atoms with Crippen molar-refractivity contribution < 1.29 is 4.74 Å². The summed E-state index contributed by atoms with van der Waals surface area (Å²) in [6.07, 6.45) is 0. The van der Waals surface area contributed by atoms with E-state index in [1.54, 1.807) is 4.90 Å². The van der Waals surface area contributed by atoms with E-state index < -0.39 is 0 Å². The van der Waals surface area contributed by atoms with Crippen LogP contribution in [0.3, 0.4) is 0 Å². The lowest BCUT2D eigenvalue weighted by molar-refractivity contribution is 0.117. The predicted octanol–water partition coefficient (Wildman–Crippen LogP) is 0.400. The molecule has 3 N–H and O–H groups in total. The molecule has 0 spiro atoms. The highest BCUT2D eigenvalue weighted by atomic mass is 16.5. The average Bonchev–Trinajstić information content (AvgIpc) is 2.14. The molecular formula is C9H18N6O. The lowest BCUT2D eigenvalue weighted by atomic mass is 10.2. The Hall–Kier alpha value is -1.63. The Morgan fingerprint density at radius 3 is 2.25 bits per heavy atom. The fraction of sp³-hybridized carbons (Fsp3) is 0.667. The summed E-state index contributed by atoms with van der Waals surface area (Å²) in [6, 6.07) is 0.249. The number of hydrogen-bond acceptors (Lipinski definition) is 7. The van der Waals surface area contributed by atoms with Crippen LogP contribution in [0.15, 0.2) is 0 Å². The Balaban J connectivity index is 3.04. The second-order valence-corrected chi connectivity index (χ2v) is 4.49. The summed E-state index contributed by atoms with van der Waals surface area (Å²) in [5.41, 5.74) is 2.02. The number of ether oxygens (including phenoxy) is 1. The van der Waals surface area contributed by atoms with Gasteiger partial charge in [-0.1, -0.05) is 0 Å². The standard InChI is InChI=1S/C9H18N6O/c1-9(2,3)16-8-12-6(14-10)11-7(13-8)15(4)5/h10H2,1-5H3,(H,11,12,13,14). The van der Waals surface area contributed by atoms with E-state index >= 15 is 0 Å². The fourth-order valence-corrected chi connectivity index (χ4v) is 0.930. The van der Waals surface area contributed by atoms with Crippen LogP contribution in [0.5, 0.6) is 6.01 Å². The van der Waals surface area contributed by atoms with Crippen molar-refractivity contribution in [1.82, 2.24) is 15.0 Å². The highest BCUT2D eigenvalue weighted by Gasteiger charge is 2.16. The first-order valence-electron chi connectivity index (χ1n) is 4.91. The molecule has 0 radical (unpaired) electrons. The minimum atomic E-state index is -0.364. The maximum Gasteiger partial charge on any atom is 0.323 e. The minimum Gasteiger partial charge on any atom is -0.458 e. The minimum absolute atomic E-state index is 0.249. The molecule has 7 nitrogen and oxygen atoms in total.